The molecule has 0 atom stereocenters. The van der Waals surface area contributed by atoms with E-state index in [0.717, 1.165) is 31.1 Å². The van der Waals surface area contributed by atoms with Gasteiger partial charge in [0.25, 0.3) is 0 Å². The van der Waals surface area contributed by atoms with E-state index >= 15 is 0 Å². The van der Waals surface area contributed by atoms with E-state index in [9.17, 15) is 0 Å². The first-order valence-corrected chi connectivity index (χ1v) is 6.46. The average Bonchev–Trinajstić information content (AvgIpc) is 2.30. The van der Waals surface area contributed by atoms with Gasteiger partial charge in [-0.2, -0.15) is 0 Å². The highest BCUT2D eigenvalue weighted by atomic mass is 15.2. The van der Waals surface area contributed by atoms with Crippen LogP contribution in [0.5, 0.6) is 0 Å². The van der Waals surface area contributed by atoms with E-state index < -0.39 is 0 Å². The zero-order chi connectivity index (χ0) is 12.3. The van der Waals surface area contributed by atoms with Crippen molar-refractivity contribution in [2.24, 2.45) is 5.41 Å². The smallest absolute Gasteiger partial charge is 0.128 e. The molecule has 0 saturated carbocycles. The lowest BCUT2D eigenvalue weighted by molar-refractivity contribution is 0.279. The first-order valence-electron chi connectivity index (χ1n) is 6.46. The van der Waals surface area contributed by atoms with Crippen LogP contribution < -0.4 is 10.2 Å². The van der Waals surface area contributed by atoms with Gasteiger partial charge in [0.15, 0.2) is 0 Å². The van der Waals surface area contributed by atoms with Crippen molar-refractivity contribution in [1.82, 2.24) is 10.3 Å². The van der Waals surface area contributed by atoms with E-state index in [2.05, 4.69) is 42.3 Å². The van der Waals surface area contributed by atoms with Crippen LogP contribution in [-0.4, -0.2) is 25.1 Å². The molecule has 2 rings (SSSR count). The minimum absolute atomic E-state index is 0.499. The van der Waals surface area contributed by atoms with Gasteiger partial charge in [-0.15, -0.1) is 0 Å². The molecule has 1 aliphatic rings. The molecule has 3 heteroatoms. The summed E-state index contributed by atoms with van der Waals surface area (Å²) in [7, 11) is 1.96. The number of rotatable bonds is 3. The van der Waals surface area contributed by atoms with Crippen molar-refractivity contribution >= 4 is 5.82 Å². The molecule has 0 spiro atoms. The van der Waals surface area contributed by atoms with Gasteiger partial charge in [-0.05, 0) is 37.4 Å². The summed E-state index contributed by atoms with van der Waals surface area (Å²) in [6, 6.07) is 6.31. The molecule has 3 nitrogen and oxygen atoms in total. The van der Waals surface area contributed by atoms with Gasteiger partial charge in [-0.1, -0.05) is 19.9 Å². The van der Waals surface area contributed by atoms with Crippen molar-refractivity contribution in [1.29, 1.82) is 0 Å². The quantitative estimate of drug-likeness (QED) is 0.869. The van der Waals surface area contributed by atoms with Gasteiger partial charge in [0.1, 0.15) is 5.82 Å². The maximum absolute atomic E-state index is 4.70. The first-order chi connectivity index (χ1) is 8.11. The van der Waals surface area contributed by atoms with Crippen molar-refractivity contribution in [3.8, 4) is 0 Å². The maximum Gasteiger partial charge on any atom is 0.128 e. The van der Waals surface area contributed by atoms with Crippen molar-refractivity contribution in [3.05, 3.63) is 23.9 Å². The third-order valence-corrected chi connectivity index (χ3v) is 3.59. The van der Waals surface area contributed by atoms with Crippen molar-refractivity contribution in [3.63, 3.8) is 0 Å². The highest BCUT2D eigenvalue weighted by molar-refractivity contribution is 5.39. The Morgan fingerprint density at radius 2 is 2.00 bits per heavy atom. The molecular weight excluding hydrogens is 210 g/mol. The minimum Gasteiger partial charge on any atom is -0.357 e. The molecule has 1 aromatic heterocycles. The maximum atomic E-state index is 4.70. The van der Waals surface area contributed by atoms with Gasteiger partial charge in [0.2, 0.25) is 0 Å². The molecule has 0 bridgehead atoms. The Labute approximate surface area is 104 Å². The highest BCUT2D eigenvalue weighted by Crippen LogP contribution is 2.31. The fourth-order valence-corrected chi connectivity index (χ4v) is 2.26. The Kier molecular flexibility index (Phi) is 3.67. The van der Waals surface area contributed by atoms with Gasteiger partial charge in [-0.3, -0.25) is 0 Å². The van der Waals surface area contributed by atoms with Crippen LogP contribution in [0.3, 0.4) is 0 Å². The van der Waals surface area contributed by atoms with Gasteiger partial charge >= 0.3 is 0 Å². The van der Waals surface area contributed by atoms with Gasteiger partial charge in [0.05, 0.1) is 5.69 Å². The second-order valence-electron chi connectivity index (χ2n) is 5.67. The largest absolute Gasteiger partial charge is 0.357 e. The van der Waals surface area contributed by atoms with E-state index in [1.807, 2.05) is 7.05 Å². The predicted molar refractivity (Wildman–Crippen MR) is 72.2 cm³/mol. The minimum atomic E-state index is 0.499. The van der Waals surface area contributed by atoms with Crippen LogP contribution in [0.2, 0.25) is 0 Å². The molecule has 1 fully saturated rings. The Hall–Kier alpha value is -1.09. The molecule has 17 heavy (non-hydrogen) atoms. The molecule has 0 amide bonds. The van der Waals surface area contributed by atoms with E-state index in [1.165, 1.54) is 12.8 Å². The molecule has 1 saturated heterocycles. The van der Waals surface area contributed by atoms with Crippen molar-refractivity contribution in [2.75, 3.05) is 25.0 Å². The Bertz CT molecular complexity index is 363. The summed E-state index contributed by atoms with van der Waals surface area (Å²) >= 11 is 0. The molecule has 0 aliphatic carbocycles. The summed E-state index contributed by atoms with van der Waals surface area (Å²) in [4.78, 5) is 7.10. The number of pyridine rings is 1. The number of hydrogen-bond acceptors (Lipinski definition) is 3. The molecule has 94 valence electrons. The Balaban J connectivity index is 2.05. The Morgan fingerprint density at radius 1 is 1.29 bits per heavy atom. The lowest BCUT2D eigenvalue weighted by atomic mass is 9.83. The topological polar surface area (TPSA) is 28.2 Å². The summed E-state index contributed by atoms with van der Waals surface area (Å²) in [6.07, 6.45) is 2.51. The van der Waals surface area contributed by atoms with Crippen LogP contribution >= 0.6 is 0 Å². The molecule has 1 N–H and O–H groups in total. The zero-order valence-electron chi connectivity index (χ0n) is 11.2. The van der Waals surface area contributed by atoms with Crippen LogP contribution in [0.1, 0.15) is 32.4 Å². The van der Waals surface area contributed by atoms with Crippen LogP contribution in [-0.2, 0) is 6.54 Å². The monoisotopic (exact) mass is 233 g/mol. The SMILES string of the molecule is CNCc1cccc(N2CCC(C)(C)CC2)n1. The van der Waals surface area contributed by atoms with Crippen LogP contribution in [0.15, 0.2) is 18.2 Å². The molecule has 0 unspecified atom stereocenters. The molecule has 0 radical (unpaired) electrons. The van der Waals surface area contributed by atoms with Crippen molar-refractivity contribution in [2.45, 2.75) is 33.2 Å². The number of nitrogens with one attached hydrogen (secondary N) is 1. The molecule has 0 aromatic carbocycles. The first kappa shape index (κ1) is 12.4. The number of aromatic nitrogens is 1. The predicted octanol–water partition coefficient (Wildman–Crippen LogP) is 2.43. The fourth-order valence-electron chi connectivity index (χ4n) is 2.26. The molecular formula is C14H23N3. The molecule has 1 aromatic rings. The summed E-state index contributed by atoms with van der Waals surface area (Å²) in [5, 5.41) is 3.15. The third-order valence-electron chi connectivity index (χ3n) is 3.59. The molecule has 1 aliphatic heterocycles. The zero-order valence-corrected chi connectivity index (χ0v) is 11.2. The standard InChI is InChI=1S/C14H23N3/c1-14(2)7-9-17(10-8-14)13-6-4-5-12(16-13)11-15-3/h4-6,15H,7-11H2,1-3H3. The normalized spacial score (nSPS) is 19.4. The van der Waals surface area contributed by atoms with E-state index in [0.29, 0.717) is 5.41 Å². The second-order valence-corrected chi connectivity index (χ2v) is 5.67. The number of piperidine rings is 1. The number of anilines is 1. The van der Waals surface area contributed by atoms with Gasteiger partial charge < -0.3 is 10.2 Å². The lowest BCUT2D eigenvalue weighted by Gasteiger charge is -2.37. The lowest BCUT2D eigenvalue weighted by Crippen LogP contribution is -2.37. The van der Waals surface area contributed by atoms with E-state index in [-0.39, 0.29) is 0 Å². The summed E-state index contributed by atoms with van der Waals surface area (Å²) in [5.74, 6) is 1.13. The van der Waals surface area contributed by atoms with Gasteiger partial charge in [-0.25, -0.2) is 4.98 Å². The summed E-state index contributed by atoms with van der Waals surface area (Å²) in [6.45, 7) is 7.81. The van der Waals surface area contributed by atoms with Crippen LogP contribution in [0.25, 0.3) is 0 Å². The Morgan fingerprint density at radius 3 is 2.65 bits per heavy atom. The average molecular weight is 233 g/mol. The van der Waals surface area contributed by atoms with Crippen molar-refractivity contribution < 1.29 is 0 Å². The number of hydrogen-bond donors (Lipinski definition) is 1. The van der Waals surface area contributed by atoms with Gasteiger partial charge in [0, 0.05) is 19.6 Å². The van der Waals surface area contributed by atoms with E-state index in [1.54, 1.807) is 0 Å². The molecule has 2 heterocycles. The third kappa shape index (κ3) is 3.19. The summed E-state index contributed by atoms with van der Waals surface area (Å²) in [5.41, 5.74) is 1.62. The van der Waals surface area contributed by atoms with Crippen LogP contribution in [0.4, 0.5) is 5.82 Å². The highest BCUT2D eigenvalue weighted by Gasteiger charge is 2.25. The number of nitrogens with zero attached hydrogens (tertiary/aromatic N) is 2. The van der Waals surface area contributed by atoms with E-state index in [4.69, 9.17) is 4.98 Å². The second kappa shape index (κ2) is 5.05. The fraction of sp³-hybridized carbons (Fsp3) is 0.643. The summed E-state index contributed by atoms with van der Waals surface area (Å²) < 4.78 is 0. The van der Waals surface area contributed by atoms with Crippen LogP contribution in [0, 0.1) is 5.41 Å².